The molecule has 2 fully saturated rings. The van der Waals surface area contributed by atoms with Crippen LogP contribution in [-0.2, 0) is 0 Å². The second-order valence-electron chi connectivity index (χ2n) is 5.36. The molecule has 0 aliphatic heterocycles. The standard InChI is InChI=1S/C12H18/c1-12-5-3-2-4-10-6-9(8-12)7-11(10)12/h6,9,11H,2-5,7-8H2,1H3/t9-,11+,12+/m0/s1. The predicted molar refractivity (Wildman–Crippen MR) is 50.9 cm³/mol. The van der Waals surface area contributed by atoms with Crippen molar-refractivity contribution in [1.82, 2.24) is 0 Å². The molecule has 3 aliphatic carbocycles. The summed E-state index contributed by atoms with van der Waals surface area (Å²) in [5.41, 5.74) is 2.57. The first-order chi connectivity index (χ1) is 5.78. The minimum absolute atomic E-state index is 0.727. The molecule has 2 saturated carbocycles. The van der Waals surface area contributed by atoms with E-state index in [0.29, 0.717) is 0 Å². The van der Waals surface area contributed by atoms with Crippen molar-refractivity contribution >= 4 is 0 Å². The van der Waals surface area contributed by atoms with Crippen LogP contribution in [0.4, 0.5) is 0 Å². The summed E-state index contributed by atoms with van der Waals surface area (Å²) in [6.07, 6.45) is 11.5. The van der Waals surface area contributed by atoms with Crippen molar-refractivity contribution in [2.24, 2.45) is 17.3 Å². The third-order valence-electron chi connectivity index (χ3n) is 4.47. The maximum atomic E-state index is 2.61. The molecule has 12 heavy (non-hydrogen) atoms. The van der Waals surface area contributed by atoms with Crippen LogP contribution in [0.3, 0.4) is 0 Å². The van der Waals surface area contributed by atoms with E-state index in [1.807, 2.05) is 5.57 Å². The van der Waals surface area contributed by atoms with Gasteiger partial charge in [-0.25, -0.2) is 0 Å². The number of hydrogen-bond donors (Lipinski definition) is 0. The van der Waals surface area contributed by atoms with Crippen LogP contribution in [0.1, 0.15) is 45.4 Å². The molecule has 0 saturated heterocycles. The maximum Gasteiger partial charge on any atom is -0.0143 e. The van der Waals surface area contributed by atoms with Crippen molar-refractivity contribution in [2.45, 2.75) is 45.4 Å². The van der Waals surface area contributed by atoms with Gasteiger partial charge in [-0.05, 0) is 49.4 Å². The van der Waals surface area contributed by atoms with Crippen LogP contribution in [0.2, 0.25) is 0 Å². The lowest BCUT2D eigenvalue weighted by molar-refractivity contribution is 0.235. The lowest BCUT2D eigenvalue weighted by Gasteiger charge is -2.32. The Labute approximate surface area is 75.0 Å². The van der Waals surface area contributed by atoms with E-state index in [0.717, 1.165) is 17.3 Å². The normalized spacial score (nSPS) is 50.6. The van der Waals surface area contributed by atoms with Crippen LogP contribution in [0.5, 0.6) is 0 Å². The highest BCUT2D eigenvalue weighted by molar-refractivity contribution is 5.25. The number of fused-ring (bicyclic) bond motifs is 1. The monoisotopic (exact) mass is 162 g/mol. The van der Waals surface area contributed by atoms with Gasteiger partial charge in [-0.15, -0.1) is 0 Å². The van der Waals surface area contributed by atoms with Gasteiger partial charge in [0.1, 0.15) is 0 Å². The minimum atomic E-state index is 0.727. The first-order valence-corrected chi connectivity index (χ1v) is 5.48. The first kappa shape index (κ1) is 7.17. The van der Waals surface area contributed by atoms with Gasteiger partial charge in [-0.3, -0.25) is 0 Å². The Morgan fingerprint density at radius 2 is 2.33 bits per heavy atom. The molecular weight excluding hydrogens is 144 g/mol. The molecular formula is C12H18. The smallest absolute Gasteiger partial charge is 0.0143 e. The van der Waals surface area contributed by atoms with Gasteiger partial charge < -0.3 is 0 Å². The second kappa shape index (κ2) is 2.16. The molecule has 3 aliphatic rings. The summed E-state index contributed by atoms with van der Waals surface area (Å²) in [6.45, 7) is 2.54. The van der Waals surface area contributed by atoms with Gasteiger partial charge in [0.05, 0.1) is 0 Å². The van der Waals surface area contributed by atoms with Crippen molar-refractivity contribution in [2.75, 3.05) is 0 Å². The molecule has 0 heteroatoms. The maximum absolute atomic E-state index is 2.61. The minimum Gasteiger partial charge on any atom is -0.0819 e. The van der Waals surface area contributed by atoms with Crippen LogP contribution >= 0.6 is 0 Å². The zero-order valence-electron chi connectivity index (χ0n) is 7.97. The Hall–Kier alpha value is -0.260. The third kappa shape index (κ3) is 0.787. The van der Waals surface area contributed by atoms with E-state index < -0.39 is 0 Å². The molecule has 0 N–H and O–H groups in total. The Morgan fingerprint density at radius 1 is 1.42 bits per heavy atom. The molecule has 3 rings (SSSR count). The largest absolute Gasteiger partial charge is 0.0819 e. The lowest BCUT2D eigenvalue weighted by atomic mass is 9.72. The SMILES string of the molecule is C[C@]12CCCCC3=C[C@@H](C[C@H]31)C2. The summed E-state index contributed by atoms with van der Waals surface area (Å²) >= 11 is 0. The fraction of sp³-hybridized carbons (Fsp3) is 0.833. The van der Waals surface area contributed by atoms with Gasteiger partial charge in [0.15, 0.2) is 0 Å². The van der Waals surface area contributed by atoms with E-state index >= 15 is 0 Å². The molecule has 3 atom stereocenters. The highest BCUT2D eigenvalue weighted by Crippen LogP contribution is 2.59. The highest BCUT2D eigenvalue weighted by atomic mass is 14.5. The molecule has 66 valence electrons. The zero-order chi connectivity index (χ0) is 8.18. The van der Waals surface area contributed by atoms with E-state index in [4.69, 9.17) is 0 Å². The van der Waals surface area contributed by atoms with Crippen LogP contribution in [0.25, 0.3) is 0 Å². The summed E-state index contributed by atoms with van der Waals surface area (Å²) in [7, 11) is 0. The van der Waals surface area contributed by atoms with Gasteiger partial charge in [0, 0.05) is 0 Å². The van der Waals surface area contributed by atoms with Crippen molar-refractivity contribution in [3.8, 4) is 0 Å². The van der Waals surface area contributed by atoms with Crippen molar-refractivity contribution in [3.63, 3.8) is 0 Å². The average Bonchev–Trinajstić information content (AvgIpc) is 2.53. The second-order valence-corrected chi connectivity index (χ2v) is 5.36. The van der Waals surface area contributed by atoms with Crippen LogP contribution in [-0.4, -0.2) is 0 Å². The topological polar surface area (TPSA) is 0 Å². The van der Waals surface area contributed by atoms with Gasteiger partial charge in [-0.1, -0.05) is 25.0 Å². The molecule has 0 unspecified atom stereocenters. The molecule has 0 amide bonds. The van der Waals surface area contributed by atoms with Crippen LogP contribution < -0.4 is 0 Å². The van der Waals surface area contributed by atoms with E-state index in [-0.39, 0.29) is 0 Å². The van der Waals surface area contributed by atoms with Crippen molar-refractivity contribution in [3.05, 3.63) is 11.6 Å². The molecule has 0 aromatic rings. The molecule has 0 aromatic carbocycles. The fourth-order valence-electron chi connectivity index (χ4n) is 3.95. The Balaban J connectivity index is 2.03. The van der Waals surface area contributed by atoms with E-state index in [9.17, 15) is 0 Å². The Bertz CT molecular complexity index is 238. The molecule has 0 aromatic heterocycles. The van der Waals surface area contributed by atoms with Crippen molar-refractivity contribution < 1.29 is 0 Å². The molecule has 0 radical (unpaired) electrons. The summed E-state index contributed by atoms with van der Waals surface area (Å²) in [5.74, 6) is 1.98. The number of rotatable bonds is 0. The summed E-state index contributed by atoms with van der Waals surface area (Å²) < 4.78 is 0. The predicted octanol–water partition coefficient (Wildman–Crippen LogP) is 3.53. The van der Waals surface area contributed by atoms with Crippen LogP contribution in [0, 0.1) is 17.3 Å². The fourth-order valence-corrected chi connectivity index (χ4v) is 3.95. The lowest BCUT2D eigenvalue weighted by Crippen LogP contribution is -2.22. The van der Waals surface area contributed by atoms with Gasteiger partial charge in [0.25, 0.3) is 0 Å². The van der Waals surface area contributed by atoms with Gasteiger partial charge >= 0.3 is 0 Å². The Morgan fingerprint density at radius 3 is 3.17 bits per heavy atom. The summed E-state index contributed by atoms with van der Waals surface area (Å²) in [4.78, 5) is 0. The molecule has 0 heterocycles. The molecule has 0 nitrogen and oxygen atoms in total. The first-order valence-electron chi connectivity index (χ1n) is 5.48. The quantitative estimate of drug-likeness (QED) is 0.478. The van der Waals surface area contributed by atoms with Gasteiger partial charge in [0.2, 0.25) is 0 Å². The number of allylic oxidation sites excluding steroid dienone is 2. The highest BCUT2D eigenvalue weighted by Gasteiger charge is 2.48. The third-order valence-corrected chi connectivity index (χ3v) is 4.47. The van der Waals surface area contributed by atoms with E-state index in [2.05, 4.69) is 13.0 Å². The molecule has 0 spiro atoms. The average molecular weight is 162 g/mol. The number of hydrogen-bond acceptors (Lipinski definition) is 0. The zero-order valence-corrected chi connectivity index (χ0v) is 7.97. The van der Waals surface area contributed by atoms with Crippen LogP contribution in [0.15, 0.2) is 11.6 Å². The van der Waals surface area contributed by atoms with E-state index in [1.165, 1.54) is 38.5 Å². The van der Waals surface area contributed by atoms with Gasteiger partial charge in [-0.2, -0.15) is 0 Å². The summed E-state index contributed by atoms with van der Waals surface area (Å²) in [6, 6.07) is 0. The molecule has 2 bridgehead atoms. The summed E-state index contributed by atoms with van der Waals surface area (Å²) in [5, 5.41) is 0. The van der Waals surface area contributed by atoms with Crippen molar-refractivity contribution in [1.29, 1.82) is 0 Å². The Kier molecular flexibility index (Phi) is 1.29. The van der Waals surface area contributed by atoms with E-state index in [1.54, 1.807) is 0 Å².